The average molecular weight is 461 g/mol. The van der Waals surface area contributed by atoms with Gasteiger partial charge in [0.05, 0.1) is 28.9 Å². The summed E-state index contributed by atoms with van der Waals surface area (Å²) in [5.74, 6) is -0.151. The molecule has 3 aromatic rings. The topological polar surface area (TPSA) is 107 Å². The summed E-state index contributed by atoms with van der Waals surface area (Å²) in [6.07, 6.45) is 4.29. The number of anilines is 2. The third-order valence-electron chi connectivity index (χ3n) is 4.87. The number of hydrogen-bond donors (Lipinski definition) is 2. The Bertz CT molecular complexity index is 1150. The number of nitrogens with one attached hydrogen (secondary N) is 1. The molecule has 31 heavy (non-hydrogen) atoms. The molecule has 0 unspecified atom stereocenters. The van der Waals surface area contributed by atoms with E-state index in [0.29, 0.717) is 17.3 Å². The molecule has 3 N–H and O–H groups in total. The second-order valence-electron chi connectivity index (χ2n) is 6.92. The molecular weight excluding hydrogens is 439 g/mol. The number of ether oxygens (including phenoxy) is 1. The van der Waals surface area contributed by atoms with Gasteiger partial charge in [0.25, 0.3) is 5.91 Å². The zero-order valence-electron chi connectivity index (χ0n) is 17.2. The maximum Gasteiger partial charge on any atom is 0.257 e. The van der Waals surface area contributed by atoms with Gasteiger partial charge in [-0.15, -0.1) is 0 Å². The number of nitrogen functional groups attached to an aromatic ring is 1. The summed E-state index contributed by atoms with van der Waals surface area (Å²) in [5.41, 5.74) is 6.89. The number of amides is 1. The molecule has 0 aliphatic rings. The molecule has 9 heteroatoms. The molecule has 162 valence electrons. The number of nitrogens with two attached hydrogens (primary N) is 1. The van der Waals surface area contributed by atoms with Crippen molar-refractivity contribution in [2.45, 2.75) is 32.6 Å². The fraction of sp³-hybridized carbons (Fsp3) is 0.273. The van der Waals surface area contributed by atoms with E-state index < -0.39 is 5.91 Å². The molecule has 1 amide bonds. The van der Waals surface area contributed by atoms with Gasteiger partial charge >= 0.3 is 0 Å². The van der Waals surface area contributed by atoms with E-state index in [1.807, 2.05) is 0 Å². The van der Waals surface area contributed by atoms with Crippen molar-refractivity contribution in [2.24, 2.45) is 0 Å². The first-order chi connectivity index (χ1) is 14.9. The summed E-state index contributed by atoms with van der Waals surface area (Å²) in [6, 6.07) is 6.50. The standard InChI is InChI=1S/C22H22Cl2N4O3/c1-3-4-5-9-15(29)14-10-16(31-2)18(24)20(17(14)23)28-22(30)13-8-6-7-12-19(13)26-11-27-21(12)25/h6-8,10-11H,3-5,9H2,1-2H3,(H,28,30)(H2,25,26,27). The Morgan fingerprint density at radius 2 is 1.90 bits per heavy atom. The maximum absolute atomic E-state index is 13.1. The number of unbranched alkanes of at least 4 members (excludes halogenated alkanes) is 2. The van der Waals surface area contributed by atoms with Crippen molar-refractivity contribution in [3.63, 3.8) is 0 Å². The van der Waals surface area contributed by atoms with Crippen LogP contribution in [0.15, 0.2) is 30.6 Å². The number of hydrogen-bond acceptors (Lipinski definition) is 6. The number of halogens is 2. The van der Waals surface area contributed by atoms with E-state index in [0.717, 1.165) is 19.3 Å². The van der Waals surface area contributed by atoms with Crippen LogP contribution in [-0.4, -0.2) is 28.8 Å². The highest BCUT2D eigenvalue weighted by molar-refractivity contribution is 6.43. The Hall–Kier alpha value is -2.90. The molecule has 0 saturated carbocycles. The van der Waals surface area contributed by atoms with Crippen LogP contribution in [0.2, 0.25) is 10.0 Å². The molecule has 1 heterocycles. The number of aromatic nitrogens is 2. The minimum absolute atomic E-state index is 0.0648. The number of nitrogens with zero attached hydrogens (tertiary/aromatic N) is 2. The highest BCUT2D eigenvalue weighted by Crippen LogP contribution is 2.41. The number of carbonyl (C=O) groups excluding carboxylic acids is 2. The van der Waals surface area contributed by atoms with Crippen molar-refractivity contribution in [1.82, 2.24) is 9.97 Å². The Labute approximate surface area is 189 Å². The molecular formula is C22H22Cl2N4O3. The summed E-state index contributed by atoms with van der Waals surface area (Å²) >= 11 is 12.9. The Balaban J connectivity index is 2.01. The van der Waals surface area contributed by atoms with Gasteiger partial charge in [0.2, 0.25) is 0 Å². The molecule has 0 aliphatic heterocycles. The van der Waals surface area contributed by atoms with Gasteiger partial charge in [-0.25, -0.2) is 9.97 Å². The Morgan fingerprint density at radius 1 is 1.13 bits per heavy atom. The van der Waals surface area contributed by atoms with Gasteiger partial charge in [0.15, 0.2) is 5.78 Å². The van der Waals surface area contributed by atoms with Crippen LogP contribution in [0.1, 0.15) is 53.3 Å². The normalized spacial score (nSPS) is 10.8. The second-order valence-corrected chi connectivity index (χ2v) is 7.68. The first-order valence-corrected chi connectivity index (χ1v) is 10.5. The molecule has 0 radical (unpaired) electrons. The number of ketones is 1. The van der Waals surface area contributed by atoms with Crippen molar-refractivity contribution < 1.29 is 14.3 Å². The molecule has 0 atom stereocenters. The van der Waals surface area contributed by atoms with Crippen LogP contribution < -0.4 is 15.8 Å². The predicted molar refractivity (Wildman–Crippen MR) is 123 cm³/mol. The van der Waals surface area contributed by atoms with Crippen LogP contribution in [0, 0.1) is 0 Å². The smallest absolute Gasteiger partial charge is 0.257 e. The van der Waals surface area contributed by atoms with E-state index in [-0.39, 0.29) is 44.2 Å². The highest BCUT2D eigenvalue weighted by Gasteiger charge is 2.23. The molecule has 0 bridgehead atoms. The molecule has 0 fully saturated rings. The minimum atomic E-state index is -0.509. The quantitative estimate of drug-likeness (QED) is 0.337. The van der Waals surface area contributed by atoms with E-state index in [1.165, 1.54) is 19.5 Å². The zero-order chi connectivity index (χ0) is 22.5. The first-order valence-electron chi connectivity index (χ1n) is 9.78. The summed E-state index contributed by atoms with van der Waals surface area (Å²) in [5, 5.41) is 3.42. The van der Waals surface area contributed by atoms with Gasteiger partial charge in [-0.3, -0.25) is 9.59 Å². The average Bonchev–Trinajstić information content (AvgIpc) is 2.76. The molecule has 3 rings (SSSR count). The summed E-state index contributed by atoms with van der Waals surface area (Å²) in [4.78, 5) is 33.9. The Kier molecular flexibility index (Phi) is 7.30. The van der Waals surface area contributed by atoms with E-state index in [4.69, 9.17) is 33.7 Å². The Morgan fingerprint density at radius 3 is 2.61 bits per heavy atom. The van der Waals surface area contributed by atoms with Crippen LogP contribution in [0.4, 0.5) is 11.5 Å². The summed E-state index contributed by atoms with van der Waals surface area (Å²) in [6.45, 7) is 2.06. The van der Waals surface area contributed by atoms with Crippen molar-refractivity contribution in [2.75, 3.05) is 18.2 Å². The maximum atomic E-state index is 13.1. The number of carbonyl (C=O) groups is 2. The van der Waals surface area contributed by atoms with Crippen molar-refractivity contribution in [3.05, 3.63) is 51.8 Å². The molecule has 1 aromatic heterocycles. The predicted octanol–water partition coefficient (Wildman–Crippen LogP) is 5.54. The number of rotatable bonds is 8. The van der Waals surface area contributed by atoms with Gasteiger partial charge in [0, 0.05) is 17.4 Å². The van der Waals surface area contributed by atoms with Gasteiger partial charge in [-0.1, -0.05) is 49.0 Å². The molecule has 7 nitrogen and oxygen atoms in total. The van der Waals surface area contributed by atoms with E-state index in [9.17, 15) is 9.59 Å². The molecule has 0 aliphatic carbocycles. The van der Waals surface area contributed by atoms with E-state index >= 15 is 0 Å². The zero-order valence-corrected chi connectivity index (χ0v) is 18.7. The fourth-order valence-electron chi connectivity index (χ4n) is 3.22. The van der Waals surface area contributed by atoms with E-state index in [2.05, 4.69) is 22.2 Å². The molecule has 2 aromatic carbocycles. The lowest BCUT2D eigenvalue weighted by Crippen LogP contribution is -2.15. The molecule has 0 saturated heterocycles. The lowest BCUT2D eigenvalue weighted by atomic mass is 10.0. The second kappa shape index (κ2) is 9.94. The highest BCUT2D eigenvalue weighted by atomic mass is 35.5. The van der Waals surface area contributed by atoms with Crippen LogP contribution >= 0.6 is 23.2 Å². The number of Topliss-reactive ketones (excluding diaryl/α,β-unsaturated/α-hetero) is 1. The monoisotopic (exact) mass is 460 g/mol. The van der Waals surface area contributed by atoms with Gasteiger partial charge in [0.1, 0.15) is 22.9 Å². The van der Waals surface area contributed by atoms with Crippen LogP contribution in [0.25, 0.3) is 10.9 Å². The van der Waals surface area contributed by atoms with Crippen molar-refractivity contribution >= 4 is 57.3 Å². The van der Waals surface area contributed by atoms with E-state index in [1.54, 1.807) is 18.2 Å². The lowest BCUT2D eigenvalue weighted by molar-refractivity contribution is 0.0977. The summed E-state index contributed by atoms with van der Waals surface area (Å²) in [7, 11) is 1.43. The SMILES string of the molecule is CCCCCC(=O)c1cc(OC)c(Cl)c(NC(=O)c2cccc3c(N)ncnc23)c1Cl. The fourth-order valence-corrected chi connectivity index (χ4v) is 3.84. The van der Waals surface area contributed by atoms with Crippen LogP contribution in [0.5, 0.6) is 5.75 Å². The lowest BCUT2D eigenvalue weighted by Gasteiger charge is -2.16. The third-order valence-corrected chi connectivity index (χ3v) is 5.64. The van der Waals surface area contributed by atoms with Gasteiger partial charge < -0.3 is 15.8 Å². The molecule has 0 spiro atoms. The number of para-hydroxylation sites is 1. The largest absolute Gasteiger partial charge is 0.495 e. The minimum Gasteiger partial charge on any atom is -0.495 e. The number of benzene rings is 2. The van der Waals surface area contributed by atoms with Gasteiger partial charge in [-0.2, -0.15) is 0 Å². The number of methoxy groups -OCH3 is 1. The van der Waals surface area contributed by atoms with Crippen LogP contribution in [0.3, 0.4) is 0 Å². The van der Waals surface area contributed by atoms with Crippen LogP contribution in [-0.2, 0) is 0 Å². The number of fused-ring (bicyclic) bond motifs is 1. The van der Waals surface area contributed by atoms with Gasteiger partial charge in [-0.05, 0) is 24.6 Å². The third kappa shape index (κ3) is 4.73. The summed E-state index contributed by atoms with van der Waals surface area (Å²) < 4.78 is 5.30. The van der Waals surface area contributed by atoms with Crippen molar-refractivity contribution in [3.8, 4) is 5.75 Å². The first kappa shape index (κ1) is 22.8. The van der Waals surface area contributed by atoms with Crippen molar-refractivity contribution in [1.29, 1.82) is 0 Å².